The molecule has 0 fully saturated rings. The molecule has 0 saturated heterocycles. The quantitative estimate of drug-likeness (QED) is 0.606. The third-order valence-electron chi connectivity index (χ3n) is 4.68. The number of esters is 1. The lowest BCUT2D eigenvalue weighted by atomic mass is 9.77. The van der Waals surface area contributed by atoms with Crippen molar-refractivity contribution in [2.45, 2.75) is 5.60 Å². The Labute approximate surface area is 148 Å². The molecule has 0 radical (unpaired) electrons. The van der Waals surface area contributed by atoms with Crippen LogP contribution in [0.25, 0.3) is 0 Å². The van der Waals surface area contributed by atoms with Crippen molar-refractivity contribution < 1.29 is 30.0 Å². The third-order valence-corrected chi connectivity index (χ3v) is 4.68. The molecule has 2 aliphatic rings. The zero-order valence-corrected chi connectivity index (χ0v) is 13.4. The number of hydrogen-bond acceptors (Lipinski definition) is 5. The number of phenols is 2. The second-order valence-corrected chi connectivity index (χ2v) is 6.08. The second kappa shape index (κ2) is 5.24. The standard InChI is InChI=1S/C20H12O5.H2O/c21-11-5-7-15-17(9-11)24-18-10-12(22)6-8-16(18)20(15)14-4-2-1-3-13(14)19(23)25-20;/h1-10,21-22H;1H2. The molecular formula is C20H14O6. The van der Waals surface area contributed by atoms with Crippen LogP contribution in [-0.2, 0) is 10.3 Å². The Morgan fingerprint density at radius 3 is 1.96 bits per heavy atom. The van der Waals surface area contributed by atoms with Gasteiger partial charge in [0, 0.05) is 28.8 Å². The lowest BCUT2D eigenvalue weighted by Gasteiger charge is -2.36. The van der Waals surface area contributed by atoms with Crippen LogP contribution < -0.4 is 4.74 Å². The van der Waals surface area contributed by atoms with Gasteiger partial charge in [-0.2, -0.15) is 0 Å². The summed E-state index contributed by atoms with van der Waals surface area (Å²) in [5, 5.41) is 19.7. The Kier molecular flexibility index (Phi) is 3.22. The van der Waals surface area contributed by atoms with Gasteiger partial charge in [0.15, 0.2) is 5.60 Å². The Morgan fingerprint density at radius 1 is 0.769 bits per heavy atom. The molecule has 0 amide bonds. The molecule has 5 rings (SSSR count). The van der Waals surface area contributed by atoms with E-state index >= 15 is 0 Å². The minimum Gasteiger partial charge on any atom is -0.508 e. The Balaban J connectivity index is 0.00000168. The maximum absolute atomic E-state index is 12.5. The van der Waals surface area contributed by atoms with Crippen molar-refractivity contribution in [1.82, 2.24) is 0 Å². The third kappa shape index (κ3) is 1.87. The highest BCUT2D eigenvalue weighted by molar-refractivity contribution is 5.97. The average Bonchev–Trinajstić information content (AvgIpc) is 2.88. The highest BCUT2D eigenvalue weighted by atomic mass is 16.6. The minimum atomic E-state index is -1.17. The molecule has 3 aromatic carbocycles. The fraction of sp³-hybridized carbons (Fsp3) is 0.0500. The molecule has 2 aliphatic heterocycles. The molecule has 6 heteroatoms. The van der Waals surface area contributed by atoms with Gasteiger partial charge in [0.05, 0.1) is 5.56 Å². The van der Waals surface area contributed by atoms with Crippen LogP contribution in [0.1, 0.15) is 27.0 Å². The Morgan fingerprint density at radius 2 is 1.35 bits per heavy atom. The topological polar surface area (TPSA) is 107 Å². The average molecular weight is 350 g/mol. The number of carbonyl (C=O) groups is 1. The van der Waals surface area contributed by atoms with E-state index in [2.05, 4.69) is 0 Å². The van der Waals surface area contributed by atoms with E-state index in [4.69, 9.17) is 9.47 Å². The van der Waals surface area contributed by atoms with Gasteiger partial charge in [-0.3, -0.25) is 0 Å². The number of aromatic hydroxyl groups is 2. The van der Waals surface area contributed by atoms with E-state index in [0.29, 0.717) is 33.8 Å². The number of fused-ring (bicyclic) bond motifs is 6. The van der Waals surface area contributed by atoms with Gasteiger partial charge < -0.3 is 25.2 Å². The predicted molar refractivity (Wildman–Crippen MR) is 91.6 cm³/mol. The molecule has 1 spiro atoms. The minimum absolute atomic E-state index is 0. The fourth-order valence-corrected chi connectivity index (χ4v) is 3.65. The molecule has 2 heterocycles. The molecule has 0 unspecified atom stereocenters. The van der Waals surface area contributed by atoms with Gasteiger partial charge in [0.2, 0.25) is 0 Å². The first-order chi connectivity index (χ1) is 12.1. The van der Waals surface area contributed by atoms with E-state index in [1.807, 2.05) is 12.1 Å². The van der Waals surface area contributed by atoms with Gasteiger partial charge in [-0.1, -0.05) is 18.2 Å². The van der Waals surface area contributed by atoms with E-state index in [9.17, 15) is 15.0 Å². The summed E-state index contributed by atoms with van der Waals surface area (Å²) < 4.78 is 11.8. The molecule has 0 atom stereocenters. The number of hydrogen-bond donors (Lipinski definition) is 2. The molecule has 3 aromatic rings. The zero-order valence-electron chi connectivity index (χ0n) is 13.4. The van der Waals surface area contributed by atoms with Crippen LogP contribution in [0.5, 0.6) is 23.0 Å². The lowest BCUT2D eigenvalue weighted by molar-refractivity contribution is 0.0224. The van der Waals surface area contributed by atoms with Crippen molar-refractivity contribution in [3.8, 4) is 23.0 Å². The highest BCUT2D eigenvalue weighted by Gasteiger charge is 2.53. The largest absolute Gasteiger partial charge is 0.508 e. The van der Waals surface area contributed by atoms with Gasteiger partial charge >= 0.3 is 5.97 Å². The van der Waals surface area contributed by atoms with Crippen LogP contribution in [0.4, 0.5) is 0 Å². The van der Waals surface area contributed by atoms with Crippen LogP contribution in [0.2, 0.25) is 0 Å². The fourth-order valence-electron chi connectivity index (χ4n) is 3.65. The smallest absolute Gasteiger partial charge is 0.340 e. The van der Waals surface area contributed by atoms with Crippen LogP contribution >= 0.6 is 0 Å². The Hall–Kier alpha value is -3.51. The van der Waals surface area contributed by atoms with Crippen LogP contribution in [0.3, 0.4) is 0 Å². The summed E-state index contributed by atoms with van der Waals surface area (Å²) >= 11 is 0. The van der Waals surface area contributed by atoms with Gasteiger partial charge in [0.1, 0.15) is 23.0 Å². The van der Waals surface area contributed by atoms with E-state index in [1.54, 1.807) is 24.3 Å². The molecule has 26 heavy (non-hydrogen) atoms. The molecule has 0 saturated carbocycles. The maximum Gasteiger partial charge on any atom is 0.340 e. The molecule has 130 valence electrons. The van der Waals surface area contributed by atoms with Crippen LogP contribution in [0.15, 0.2) is 60.7 Å². The zero-order chi connectivity index (χ0) is 17.2. The SMILES string of the molecule is O.O=C1OC2(c3ccc(O)cc3Oc3cc(O)ccc32)c2ccccc21. The first-order valence-corrected chi connectivity index (χ1v) is 7.77. The first kappa shape index (κ1) is 16.0. The van der Waals surface area contributed by atoms with Crippen molar-refractivity contribution in [3.05, 3.63) is 82.9 Å². The molecule has 0 bridgehead atoms. The van der Waals surface area contributed by atoms with Crippen molar-refractivity contribution >= 4 is 5.97 Å². The number of rotatable bonds is 0. The van der Waals surface area contributed by atoms with Crippen molar-refractivity contribution in [2.75, 3.05) is 0 Å². The van der Waals surface area contributed by atoms with Gasteiger partial charge in [-0.15, -0.1) is 0 Å². The maximum atomic E-state index is 12.5. The monoisotopic (exact) mass is 350 g/mol. The summed E-state index contributed by atoms with van der Waals surface area (Å²) in [5.41, 5.74) is 1.28. The summed E-state index contributed by atoms with van der Waals surface area (Å²) in [7, 11) is 0. The molecule has 0 aromatic heterocycles. The molecule has 6 nitrogen and oxygen atoms in total. The highest BCUT2D eigenvalue weighted by Crippen LogP contribution is 2.56. The molecule has 0 aliphatic carbocycles. The van der Waals surface area contributed by atoms with Crippen molar-refractivity contribution in [3.63, 3.8) is 0 Å². The van der Waals surface area contributed by atoms with Crippen molar-refractivity contribution in [2.24, 2.45) is 0 Å². The van der Waals surface area contributed by atoms with Gasteiger partial charge in [-0.25, -0.2) is 4.79 Å². The normalized spacial score (nSPS) is 15.2. The molecular weight excluding hydrogens is 336 g/mol. The predicted octanol–water partition coefficient (Wildman–Crippen LogP) is 2.84. The van der Waals surface area contributed by atoms with Gasteiger partial charge in [0.25, 0.3) is 0 Å². The van der Waals surface area contributed by atoms with Crippen LogP contribution in [0, 0.1) is 0 Å². The number of phenolic OH excluding ortho intramolecular Hbond substituents is 2. The number of carbonyl (C=O) groups excluding carboxylic acids is 1. The van der Waals surface area contributed by atoms with E-state index in [1.165, 1.54) is 24.3 Å². The van der Waals surface area contributed by atoms with E-state index < -0.39 is 11.6 Å². The summed E-state index contributed by atoms with van der Waals surface area (Å²) in [5.74, 6) is 0.408. The van der Waals surface area contributed by atoms with Crippen LogP contribution in [-0.4, -0.2) is 21.7 Å². The number of benzene rings is 3. The summed E-state index contributed by atoms with van der Waals surface area (Å²) in [4.78, 5) is 12.5. The second-order valence-electron chi connectivity index (χ2n) is 6.08. The van der Waals surface area contributed by atoms with Crippen molar-refractivity contribution in [1.29, 1.82) is 0 Å². The van der Waals surface area contributed by atoms with Gasteiger partial charge in [-0.05, 0) is 30.3 Å². The lowest BCUT2D eigenvalue weighted by Crippen LogP contribution is -2.32. The summed E-state index contributed by atoms with van der Waals surface area (Å²) in [6, 6.07) is 16.6. The van der Waals surface area contributed by atoms with E-state index in [-0.39, 0.29) is 17.0 Å². The summed E-state index contributed by atoms with van der Waals surface area (Å²) in [6.45, 7) is 0. The number of ether oxygens (including phenoxy) is 2. The first-order valence-electron chi connectivity index (χ1n) is 7.77. The molecule has 4 N–H and O–H groups in total. The van der Waals surface area contributed by atoms with E-state index in [0.717, 1.165) is 0 Å². The summed E-state index contributed by atoms with van der Waals surface area (Å²) in [6.07, 6.45) is 0. The Bertz CT molecular complexity index is 1000.